The van der Waals surface area contributed by atoms with Gasteiger partial charge in [-0.2, -0.15) is 0 Å². The van der Waals surface area contributed by atoms with E-state index in [1.165, 1.54) is 0 Å². The first-order chi connectivity index (χ1) is 21.5. The Morgan fingerprint density at radius 1 is 0.386 bits per heavy atom. The van der Waals surface area contributed by atoms with Crippen LogP contribution in [-0.2, 0) is 9.13 Å². The minimum Gasteiger partial charge on any atom is -0.297 e. The normalized spacial score (nSPS) is 20.2. The monoisotopic (exact) mass is 650 g/mol. The summed E-state index contributed by atoms with van der Waals surface area (Å²) >= 11 is 3.35. The van der Waals surface area contributed by atoms with E-state index in [9.17, 15) is 9.13 Å². The molecule has 44 heavy (non-hydrogen) atoms. The molecule has 0 unspecified atom stereocenters. The molecule has 3 heterocycles. The van der Waals surface area contributed by atoms with Crippen LogP contribution < -0.4 is 0 Å². The highest BCUT2D eigenvalue weighted by Crippen LogP contribution is 2.66. The SMILES string of the molecule is O=P1(N2CCN(P3(=O)C=C(c4ccccc4)SC(c4ccccc4)=C3)CC2)C=C(c2ccccc2)SC(c2ccccc2)=C1. The van der Waals surface area contributed by atoms with Gasteiger partial charge in [-0.1, -0.05) is 145 Å². The van der Waals surface area contributed by atoms with Crippen LogP contribution in [0.15, 0.2) is 145 Å². The van der Waals surface area contributed by atoms with Crippen LogP contribution >= 0.6 is 38.1 Å². The average Bonchev–Trinajstić information content (AvgIpc) is 3.09. The third-order valence-electron chi connectivity index (χ3n) is 8.00. The zero-order chi connectivity index (χ0) is 30.0. The van der Waals surface area contributed by atoms with Gasteiger partial charge in [0, 0.05) is 69.1 Å². The molecule has 0 saturated carbocycles. The number of benzene rings is 4. The average molecular weight is 651 g/mol. The van der Waals surface area contributed by atoms with Crippen LogP contribution in [0.1, 0.15) is 22.3 Å². The van der Waals surface area contributed by atoms with Crippen molar-refractivity contribution in [3.63, 3.8) is 0 Å². The number of nitrogens with zero attached hydrogens (tertiary/aromatic N) is 2. The van der Waals surface area contributed by atoms with Crippen molar-refractivity contribution in [2.75, 3.05) is 26.2 Å². The molecule has 4 nitrogen and oxygen atoms in total. The van der Waals surface area contributed by atoms with Crippen LogP contribution in [0.25, 0.3) is 19.6 Å². The molecule has 0 atom stereocenters. The van der Waals surface area contributed by atoms with Gasteiger partial charge >= 0.3 is 0 Å². The minimum atomic E-state index is -3.00. The quantitative estimate of drug-likeness (QED) is 0.194. The Kier molecular flexibility index (Phi) is 8.57. The van der Waals surface area contributed by atoms with Gasteiger partial charge < -0.3 is 0 Å². The van der Waals surface area contributed by atoms with Crippen LogP contribution in [0.3, 0.4) is 0 Å². The molecule has 0 radical (unpaired) electrons. The van der Waals surface area contributed by atoms with Gasteiger partial charge in [0.1, 0.15) is 0 Å². The lowest BCUT2D eigenvalue weighted by atomic mass is 10.2. The molecule has 0 aromatic heterocycles. The van der Waals surface area contributed by atoms with E-state index >= 15 is 0 Å². The molecule has 3 aliphatic rings. The van der Waals surface area contributed by atoms with Gasteiger partial charge in [-0.3, -0.25) is 9.13 Å². The summed E-state index contributed by atoms with van der Waals surface area (Å²) in [5.74, 6) is 7.93. The first-order valence-electron chi connectivity index (χ1n) is 14.7. The maximum Gasteiger partial charge on any atom is 0.195 e. The molecular formula is C36H32N2O2P2S2. The van der Waals surface area contributed by atoms with E-state index < -0.39 is 14.6 Å². The highest BCUT2D eigenvalue weighted by molar-refractivity contribution is 8.18. The molecule has 220 valence electrons. The van der Waals surface area contributed by atoms with Gasteiger partial charge in [0.25, 0.3) is 0 Å². The Labute approximate surface area is 268 Å². The van der Waals surface area contributed by atoms with Crippen molar-refractivity contribution in [2.45, 2.75) is 0 Å². The molecule has 0 aliphatic carbocycles. The lowest BCUT2D eigenvalue weighted by Crippen LogP contribution is -2.42. The predicted octanol–water partition coefficient (Wildman–Crippen LogP) is 10.6. The lowest BCUT2D eigenvalue weighted by molar-refractivity contribution is 0.277. The van der Waals surface area contributed by atoms with Crippen molar-refractivity contribution in [2.24, 2.45) is 0 Å². The van der Waals surface area contributed by atoms with Gasteiger partial charge in [0.2, 0.25) is 0 Å². The van der Waals surface area contributed by atoms with Gasteiger partial charge in [-0.15, -0.1) is 0 Å². The van der Waals surface area contributed by atoms with E-state index in [-0.39, 0.29) is 0 Å². The fourth-order valence-electron chi connectivity index (χ4n) is 5.67. The highest BCUT2D eigenvalue weighted by atomic mass is 32.2. The molecule has 0 bridgehead atoms. The van der Waals surface area contributed by atoms with E-state index in [0.717, 1.165) is 41.9 Å². The summed E-state index contributed by atoms with van der Waals surface area (Å²) in [6, 6.07) is 40.8. The first-order valence-corrected chi connectivity index (χ1v) is 19.9. The number of hydrogen-bond donors (Lipinski definition) is 0. The third-order valence-corrected chi connectivity index (χ3v) is 16.1. The van der Waals surface area contributed by atoms with Gasteiger partial charge in [0.05, 0.1) is 0 Å². The minimum absolute atomic E-state index is 0.569. The van der Waals surface area contributed by atoms with Crippen molar-refractivity contribution in [3.05, 3.63) is 167 Å². The van der Waals surface area contributed by atoms with Crippen LogP contribution in [0.2, 0.25) is 0 Å². The second kappa shape index (κ2) is 12.7. The van der Waals surface area contributed by atoms with Gasteiger partial charge in [-0.25, -0.2) is 9.34 Å². The Morgan fingerprint density at radius 3 is 0.841 bits per heavy atom. The molecule has 3 aliphatic heterocycles. The zero-order valence-corrected chi connectivity index (χ0v) is 27.5. The predicted molar refractivity (Wildman–Crippen MR) is 191 cm³/mol. The van der Waals surface area contributed by atoms with E-state index in [1.54, 1.807) is 23.5 Å². The molecule has 0 N–H and O–H groups in total. The number of thioether (sulfide) groups is 2. The number of hydrogen-bond acceptors (Lipinski definition) is 4. The maximum atomic E-state index is 14.8. The van der Waals surface area contributed by atoms with Crippen molar-refractivity contribution < 1.29 is 9.13 Å². The van der Waals surface area contributed by atoms with Crippen LogP contribution in [0.5, 0.6) is 0 Å². The molecule has 7 rings (SSSR count). The second-order valence-corrected chi connectivity index (χ2v) is 17.9. The van der Waals surface area contributed by atoms with Crippen molar-refractivity contribution in [1.82, 2.24) is 9.34 Å². The number of piperazine rings is 1. The molecule has 4 aromatic carbocycles. The van der Waals surface area contributed by atoms with Crippen LogP contribution in [0.4, 0.5) is 0 Å². The highest BCUT2D eigenvalue weighted by Gasteiger charge is 2.39. The largest absolute Gasteiger partial charge is 0.297 e. The Bertz CT molecular complexity index is 1610. The lowest BCUT2D eigenvalue weighted by Gasteiger charge is -2.41. The summed E-state index contributed by atoms with van der Waals surface area (Å²) in [6.07, 6.45) is 0. The van der Waals surface area contributed by atoms with Crippen molar-refractivity contribution in [3.8, 4) is 0 Å². The third kappa shape index (κ3) is 6.21. The van der Waals surface area contributed by atoms with Crippen molar-refractivity contribution in [1.29, 1.82) is 0 Å². The van der Waals surface area contributed by atoms with E-state index in [0.29, 0.717) is 26.2 Å². The summed E-state index contributed by atoms with van der Waals surface area (Å²) in [7, 11) is -6.01. The molecular weight excluding hydrogens is 618 g/mol. The fraction of sp³-hybridized carbons (Fsp3) is 0.111. The summed E-state index contributed by atoms with van der Waals surface area (Å²) in [5, 5.41) is 0. The smallest absolute Gasteiger partial charge is 0.195 e. The Hall–Kier alpha value is -3.08. The van der Waals surface area contributed by atoms with Gasteiger partial charge in [-0.05, 0) is 22.3 Å². The molecule has 0 spiro atoms. The summed E-state index contributed by atoms with van der Waals surface area (Å²) in [5.41, 5.74) is 4.27. The first kappa shape index (κ1) is 29.6. The second-order valence-electron chi connectivity index (χ2n) is 10.9. The number of rotatable bonds is 6. The molecule has 0 amide bonds. The van der Waals surface area contributed by atoms with E-state index in [1.807, 2.05) is 96.1 Å². The molecule has 1 fully saturated rings. The zero-order valence-electron chi connectivity index (χ0n) is 24.1. The van der Waals surface area contributed by atoms with E-state index in [4.69, 9.17) is 0 Å². The van der Waals surface area contributed by atoms with Crippen LogP contribution in [0, 0.1) is 0 Å². The molecule has 1 saturated heterocycles. The topological polar surface area (TPSA) is 40.6 Å². The Morgan fingerprint density at radius 2 is 0.614 bits per heavy atom. The standard InChI is InChI=1S/C36H32N2O2P2S2/c39-41(25-33(29-13-5-1-6-14-29)43-34(26-41)30-15-7-2-8-16-30)37-21-23-38(24-22-37)42(40)27-35(31-17-9-3-10-18-31)44-36(28-42)32-19-11-4-12-20-32/h1-20,25-28H,21-24H2. The molecule has 8 heteroatoms. The van der Waals surface area contributed by atoms with Gasteiger partial charge in [0.15, 0.2) is 14.6 Å². The summed E-state index contributed by atoms with van der Waals surface area (Å²) < 4.78 is 33.9. The summed E-state index contributed by atoms with van der Waals surface area (Å²) in [4.78, 5) is 4.06. The Balaban J connectivity index is 1.19. The maximum absolute atomic E-state index is 14.8. The molecule has 4 aromatic rings. The summed E-state index contributed by atoms with van der Waals surface area (Å²) in [6.45, 7) is 2.27. The van der Waals surface area contributed by atoms with E-state index in [2.05, 4.69) is 57.9 Å². The van der Waals surface area contributed by atoms with Crippen molar-refractivity contribution >= 4 is 57.7 Å². The van der Waals surface area contributed by atoms with Crippen LogP contribution in [-0.4, -0.2) is 35.5 Å². The fourth-order valence-corrected chi connectivity index (χ4v) is 14.2.